The smallest absolute Gasteiger partial charge is 0.273 e. The number of likely N-dealkylation sites (tertiary alicyclic amines) is 1. The van der Waals surface area contributed by atoms with Crippen LogP contribution >= 0.6 is 0 Å². The van der Waals surface area contributed by atoms with E-state index < -0.39 is 0 Å². The zero-order valence-corrected chi connectivity index (χ0v) is 16.5. The average molecular weight is 393 g/mol. The number of fused-ring (bicyclic) bond motifs is 1. The molecule has 0 radical (unpaired) electrons. The van der Waals surface area contributed by atoms with Crippen LogP contribution in [0.25, 0.3) is 10.8 Å². The van der Waals surface area contributed by atoms with Crippen molar-refractivity contribution in [2.75, 3.05) is 26.2 Å². The number of carbonyl (C=O) groups is 1. The summed E-state index contributed by atoms with van der Waals surface area (Å²) in [6, 6.07) is 15.2. The third kappa shape index (κ3) is 4.63. The Balaban J connectivity index is 1.41. The van der Waals surface area contributed by atoms with Crippen molar-refractivity contribution >= 4 is 16.7 Å². The van der Waals surface area contributed by atoms with Crippen molar-refractivity contribution in [3.8, 4) is 0 Å². The monoisotopic (exact) mass is 393 g/mol. The number of aromatic nitrogens is 3. The normalized spacial score (nSPS) is 17.5. The van der Waals surface area contributed by atoms with Gasteiger partial charge in [0.15, 0.2) is 5.69 Å². The average Bonchev–Trinajstić information content (AvgIpc) is 3.25. The lowest BCUT2D eigenvalue weighted by atomic mass is 10.0. The first-order valence-electron chi connectivity index (χ1n) is 10.2. The molecule has 29 heavy (non-hydrogen) atoms. The van der Waals surface area contributed by atoms with Crippen LogP contribution < -0.4 is 5.32 Å². The fraction of sp³-hybridized carbons (Fsp3) is 0.409. The molecule has 1 atom stereocenters. The number of rotatable bonds is 7. The third-order valence-electron chi connectivity index (χ3n) is 5.49. The molecule has 1 aliphatic rings. The summed E-state index contributed by atoms with van der Waals surface area (Å²) in [6.07, 6.45) is 4.39. The lowest BCUT2D eigenvalue weighted by Gasteiger charge is -2.32. The van der Waals surface area contributed by atoms with Crippen LogP contribution in [0.1, 0.15) is 41.4 Å². The second kappa shape index (κ2) is 9.15. The van der Waals surface area contributed by atoms with E-state index in [9.17, 15) is 4.79 Å². The maximum Gasteiger partial charge on any atom is 0.273 e. The molecule has 2 aromatic carbocycles. The fourth-order valence-electron chi connectivity index (χ4n) is 3.99. The van der Waals surface area contributed by atoms with Crippen molar-refractivity contribution in [3.05, 3.63) is 59.9 Å². The number of nitrogens with zero attached hydrogens (tertiary/aromatic N) is 4. The standard InChI is InChI=1S/C22H27N5O2/c28-13-5-11-23-22(29)21-16-27(25-24-21)19-9-4-12-26(15-19)14-18-8-3-7-17-6-1-2-10-20(17)18/h1-3,6-8,10,16,19,28H,4-5,9,11-15H2,(H,23,29)/t19-/m0/s1. The molecule has 3 aromatic rings. The second-order valence-corrected chi connectivity index (χ2v) is 7.59. The van der Waals surface area contributed by atoms with E-state index in [1.807, 2.05) is 4.68 Å². The van der Waals surface area contributed by atoms with Gasteiger partial charge in [0, 0.05) is 26.2 Å². The highest BCUT2D eigenvalue weighted by Crippen LogP contribution is 2.25. The number of benzene rings is 2. The molecule has 7 heteroatoms. The molecule has 7 nitrogen and oxygen atoms in total. The van der Waals surface area contributed by atoms with E-state index in [1.54, 1.807) is 6.20 Å². The molecule has 0 spiro atoms. The Morgan fingerprint density at radius 2 is 2.07 bits per heavy atom. The highest BCUT2D eigenvalue weighted by atomic mass is 16.3. The van der Waals surface area contributed by atoms with Crippen LogP contribution in [0.3, 0.4) is 0 Å². The summed E-state index contributed by atoms with van der Waals surface area (Å²) in [5, 5.41) is 22.4. The number of aliphatic hydroxyl groups excluding tert-OH is 1. The van der Waals surface area contributed by atoms with Gasteiger partial charge in [0.05, 0.1) is 12.2 Å². The summed E-state index contributed by atoms with van der Waals surface area (Å²) in [6.45, 7) is 3.34. The van der Waals surface area contributed by atoms with Crippen LogP contribution in [-0.2, 0) is 6.54 Å². The first kappa shape index (κ1) is 19.5. The van der Waals surface area contributed by atoms with Crippen LogP contribution in [0, 0.1) is 0 Å². The molecule has 0 unspecified atom stereocenters. The minimum Gasteiger partial charge on any atom is -0.396 e. The molecule has 1 aromatic heterocycles. The van der Waals surface area contributed by atoms with Crippen molar-refractivity contribution in [1.82, 2.24) is 25.2 Å². The summed E-state index contributed by atoms with van der Waals surface area (Å²) in [4.78, 5) is 14.6. The predicted molar refractivity (Wildman–Crippen MR) is 112 cm³/mol. The van der Waals surface area contributed by atoms with Gasteiger partial charge in [0.25, 0.3) is 5.91 Å². The summed E-state index contributed by atoms with van der Waals surface area (Å²) in [5.41, 5.74) is 1.67. The van der Waals surface area contributed by atoms with Crippen LogP contribution in [0.5, 0.6) is 0 Å². The Hall–Kier alpha value is -2.77. The van der Waals surface area contributed by atoms with Crippen LogP contribution in [0.2, 0.25) is 0 Å². The molecule has 0 bridgehead atoms. The minimum atomic E-state index is -0.242. The molecule has 2 heterocycles. The summed E-state index contributed by atoms with van der Waals surface area (Å²) < 4.78 is 1.83. The SMILES string of the molecule is O=C(NCCCO)c1cn([C@H]2CCCN(Cc3cccc4ccccc34)C2)nn1. The highest BCUT2D eigenvalue weighted by Gasteiger charge is 2.23. The number of hydrogen-bond acceptors (Lipinski definition) is 5. The first-order valence-corrected chi connectivity index (χ1v) is 10.2. The molecule has 1 aliphatic heterocycles. The highest BCUT2D eigenvalue weighted by molar-refractivity contribution is 5.91. The van der Waals surface area contributed by atoms with Crippen LogP contribution in [0.15, 0.2) is 48.7 Å². The van der Waals surface area contributed by atoms with E-state index in [0.717, 1.165) is 32.5 Å². The van der Waals surface area contributed by atoms with E-state index in [1.165, 1.54) is 16.3 Å². The lowest BCUT2D eigenvalue weighted by Crippen LogP contribution is -2.36. The molecular formula is C22H27N5O2. The van der Waals surface area contributed by atoms with Gasteiger partial charge < -0.3 is 10.4 Å². The maximum absolute atomic E-state index is 12.1. The molecule has 0 aliphatic carbocycles. The number of nitrogens with one attached hydrogen (secondary N) is 1. The zero-order chi connectivity index (χ0) is 20.1. The molecule has 152 valence electrons. The number of piperidine rings is 1. The third-order valence-corrected chi connectivity index (χ3v) is 5.49. The zero-order valence-electron chi connectivity index (χ0n) is 16.5. The summed E-state index contributed by atoms with van der Waals surface area (Å²) >= 11 is 0. The molecule has 2 N–H and O–H groups in total. The predicted octanol–water partition coefficient (Wildman–Crippen LogP) is 2.38. The van der Waals surface area contributed by atoms with Gasteiger partial charge in [-0.15, -0.1) is 5.10 Å². The Bertz CT molecular complexity index is 965. The van der Waals surface area contributed by atoms with E-state index in [0.29, 0.717) is 18.7 Å². The molecule has 1 saturated heterocycles. The quantitative estimate of drug-likeness (QED) is 0.602. The summed E-state index contributed by atoms with van der Waals surface area (Å²) in [5.74, 6) is -0.242. The molecule has 1 amide bonds. The van der Waals surface area contributed by atoms with E-state index >= 15 is 0 Å². The Kier molecular flexibility index (Phi) is 6.17. The maximum atomic E-state index is 12.1. The van der Waals surface area contributed by atoms with Gasteiger partial charge in [-0.1, -0.05) is 47.7 Å². The van der Waals surface area contributed by atoms with Gasteiger partial charge in [-0.05, 0) is 42.1 Å². The van der Waals surface area contributed by atoms with Crippen molar-refractivity contribution in [1.29, 1.82) is 0 Å². The molecule has 0 saturated carbocycles. The second-order valence-electron chi connectivity index (χ2n) is 7.59. The van der Waals surface area contributed by atoms with Gasteiger partial charge in [-0.25, -0.2) is 4.68 Å². The molecule has 1 fully saturated rings. The largest absolute Gasteiger partial charge is 0.396 e. The van der Waals surface area contributed by atoms with E-state index in [4.69, 9.17) is 5.11 Å². The topological polar surface area (TPSA) is 83.3 Å². The van der Waals surface area contributed by atoms with Crippen molar-refractivity contribution in [3.63, 3.8) is 0 Å². The number of amides is 1. The lowest BCUT2D eigenvalue weighted by molar-refractivity contribution is 0.0946. The number of hydrogen-bond donors (Lipinski definition) is 2. The Morgan fingerprint density at radius 3 is 2.97 bits per heavy atom. The fourth-order valence-corrected chi connectivity index (χ4v) is 3.99. The van der Waals surface area contributed by atoms with Gasteiger partial charge >= 0.3 is 0 Å². The molecular weight excluding hydrogens is 366 g/mol. The van der Waals surface area contributed by atoms with Gasteiger partial charge in [0.1, 0.15) is 0 Å². The van der Waals surface area contributed by atoms with Crippen molar-refractivity contribution in [2.45, 2.75) is 31.8 Å². The van der Waals surface area contributed by atoms with Gasteiger partial charge in [-0.2, -0.15) is 0 Å². The van der Waals surface area contributed by atoms with E-state index in [-0.39, 0.29) is 18.6 Å². The Morgan fingerprint density at radius 1 is 1.21 bits per heavy atom. The van der Waals surface area contributed by atoms with Crippen molar-refractivity contribution < 1.29 is 9.90 Å². The van der Waals surface area contributed by atoms with Crippen molar-refractivity contribution in [2.24, 2.45) is 0 Å². The molecule has 4 rings (SSSR count). The van der Waals surface area contributed by atoms with E-state index in [2.05, 4.69) is 63.0 Å². The minimum absolute atomic E-state index is 0.0571. The van der Waals surface area contributed by atoms with Gasteiger partial charge in [-0.3, -0.25) is 9.69 Å². The summed E-state index contributed by atoms with van der Waals surface area (Å²) in [7, 11) is 0. The van der Waals surface area contributed by atoms with Crippen LogP contribution in [0.4, 0.5) is 0 Å². The number of aliphatic hydroxyl groups is 1. The Labute approximate surface area is 170 Å². The first-order chi connectivity index (χ1) is 14.2. The number of carbonyl (C=O) groups excluding carboxylic acids is 1. The van der Waals surface area contributed by atoms with Gasteiger partial charge in [0.2, 0.25) is 0 Å². The van der Waals surface area contributed by atoms with Crippen LogP contribution in [-0.4, -0.2) is 57.1 Å².